The predicted octanol–water partition coefficient (Wildman–Crippen LogP) is 5.15. The molecule has 148 valence electrons. The summed E-state index contributed by atoms with van der Waals surface area (Å²) >= 11 is 0. The molecular formula is C20H16F5NO2. The van der Waals surface area contributed by atoms with Crippen LogP contribution in [-0.2, 0) is 23.9 Å². The van der Waals surface area contributed by atoms with E-state index in [1.165, 1.54) is 19.2 Å². The van der Waals surface area contributed by atoms with Crippen LogP contribution in [0.5, 0.6) is 0 Å². The van der Waals surface area contributed by atoms with Gasteiger partial charge >= 0.3 is 12.1 Å². The van der Waals surface area contributed by atoms with Crippen molar-refractivity contribution in [2.75, 3.05) is 13.8 Å². The topological polar surface area (TPSA) is 31.2 Å². The van der Waals surface area contributed by atoms with E-state index in [1.807, 2.05) is 0 Å². The van der Waals surface area contributed by atoms with Gasteiger partial charge in [-0.15, -0.1) is 0 Å². The van der Waals surface area contributed by atoms with E-state index in [0.717, 1.165) is 12.1 Å². The lowest BCUT2D eigenvalue weighted by Crippen LogP contribution is -2.12. The normalized spacial score (nSPS) is 11.8. The minimum Gasteiger partial charge on any atom is -0.465 e. The summed E-state index contributed by atoms with van der Waals surface area (Å²) in [5.41, 5.74) is 0.0873. The fourth-order valence-corrected chi connectivity index (χ4v) is 3.23. The zero-order chi connectivity index (χ0) is 20.5. The van der Waals surface area contributed by atoms with Crippen LogP contribution in [0.15, 0.2) is 42.5 Å². The van der Waals surface area contributed by atoms with E-state index in [9.17, 15) is 26.7 Å². The molecule has 0 aliphatic carbocycles. The van der Waals surface area contributed by atoms with E-state index in [0.29, 0.717) is 22.7 Å². The highest BCUT2D eigenvalue weighted by Crippen LogP contribution is 2.34. The van der Waals surface area contributed by atoms with Gasteiger partial charge in [0.05, 0.1) is 24.8 Å². The van der Waals surface area contributed by atoms with Crippen LogP contribution in [0, 0.1) is 5.82 Å². The molecule has 8 heteroatoms. The molecular weight excluding hydrogens is 381 g/mol. The fraction of sp³-hybridized carbons (Fsp3) is 0.250. The summed E-state index contributed by atoms with van der Waals surface area (Å²) in [5.74, 6) is -1.54. The van der Waals surface area contributed by atoms with Crippen LogP contribution in [0.3, 0.4) is 0 Å². The SMILES string of the molecule is COC(=O)c1ccc2c(c1)cc(Cc1ccc(F)cc1C(F)(F)F)n2CCF. The summed E-state index contributed by atoms with van der Waals surface area (Å²) in [6.45, 7) is -0.774. The maximum absolute atomic E-state index is 13.3. The minimum absolute atomic E-state index is 0.0566. The van der Waals surface area contributed by atoms with Crippen LogP contribution < -0.4 is 0 Å². The number of carbonyl (C=O) groups is 1. The first-order valence-electron chi connectivity index (χ1n) is 8.36. The molecule has 3 aromatic rings. The lowest BCUT2D eigenvalue weighted by atomic mass is 10.0. The molecule has 3 nitrogen and oxygen atoms in total. The first-order valence-corrected chi connectivity index (χ1v) is 8.36. The van der Waals surface area contributed by atoms with Gasteiger partial charge in [0.2, 0.25) is 0 Å². The van der Waals surface area contributed by atoms with Crippen molar-refractivity contribution in [3.05, 3.63) is 70.7 Å². The maximum atomic E-state index is 13.3. The molecule has 0 amide bonds. The Kier molecular flexibility index (Phi) is 5.40. The summed E-state index contributed by atoms with van der Waals surface area (Å²) in [4.78, 5) is 11.7. The molecule has 0 saturated heterocycles. The summed E-state index contributed by atoms with van der Waals surface area (Å²) in [6.07, 6.45) is -4.89. The van der Waals surface area contributed by atoms with Gasteiger partial charge in [-0.2, -0.15) is 13.2 Å². The Morgan fingerprint density at radius 2 is 1.86 bits per heavy atom. The average Bonchev–Trinajstić information content (AvgIpc) is 2.98. The fourth-order valence-electron chi connectivity index (χ4n) is 3.23. The Morgan fingerprint density at radius 3 is 2.50 bits per heavy atom. The number of rotatable bonds is 5. The summed E-state index contributed by atoms with van der Waals surface area (Å²) in [6, 6.07) is 8.72. The van der Waals surface area contributed by atoms with E-state index >= 15 is 0 Å². The predicted molar refractivity (Wildman–Crippen MR) is 93.5 cm³/mol. The Balaban J connectivity index is 2.10. The van der Waals surface area contributed by atoms with Crippen molar-refractivity contribution < 1.29 is 31.5 Å². The van der Waals surface area contributed by atoms with E-state index < -0.39 is 30.2 Å². The van der Waals surface area contributed by atoms with Crippen molar-refractivity contribution in [3.8, 4) is 0 Å². The molecule has 2 aromatic carbocycles. The van der Waals surface area contributed by atoms with Crippen LogP contribution in [-0.4, -0.2) is 24.3 Å². The molecule has 28 heavy (non-hydrogen) atoms. The average molecular weight is 397 g/mol. The molecule has 0 atom stereocenters. The number of aryl methyl sites for hydroxylation is 1. The molecule has 0 aliphatic rings. The first-order chi connectivity index (χ1) is 13.2. The second-order valence-corrected chi connectivity index (χ2v) is 6.22. The van der Waals surface area contributed by atoms with Crippen LogP contribution in [0.2, 0.25) is 0 Å². The van der Waals surface area contributed by atoms with Gasteiger partial charge in [0.15, 0.2) is 0 Å². The van der Waals surface area contributed by atoms with Gasteiger partial charge in [0, 0.05) is 23.0 Å². The summed E-state index contributed by atoms with van der Waals surface area (Å²) in [7, 11) is 1.24. The Labute approximate surface area is 157 Å². The second kappa shape index (κ2) is 7.61. The molecule has 0 fully saturated rings. The second-order valence-electron chi connectivity index (χ2n) is 6.22. The monoisotopic (exact) mass is 397 g/mol. The number of hydrogen-bond donors (Lipinski definition) is 0. The van der Waals surface area contributed by atoms with E-state index in [1.54, 1.807) is 16.7 Å². The third-order valence-electron chi connectivity index (χ3n) is 4.47. The zero-order valence-corrected chi connectivity index (χ0v) is 14.8. The van der Waals surface area contributed by atoms with Crippen molar-refractivity contribution in [1.29, 1.82) is 0 Å². The highest BCUT2D eigenvalue weighted by molar-refractivity contribution is 5.95. The summed E-state index contributed by atoms with van der Waals surface area (Å²) in [5, 5.41) is 0.571. The number of halogens is 5. The van der Waals surface area contributed by atoms with Crippen LogP contribution in [0.4, 0.5) is 22.0 Å². The number of aromatic nitrogens is 1. The molecule has 0 spiro atoms. The number of methoxy groups -OCH3 is 1. The van der Waals surface area contributed by atoms with Crippen molar-refractivity contribution in [2.24, 2.45) is 0 Å². The van der Waals surface area contributed by atoms with Crippen LogP contribution >= 0.6 is 0 Å². The number of hydrogen-bond acceptors (Lipinski definition) is 2. The highest BCUT2D eigenvalue weighted by Gasteiger charge is 2.34. The van der Waals surface area contributed by atoms with Gasteiger partial charge in [-0.05, 0) is 42.0 Å². The van der Waals surface area contributed by atoms with E-state index in [2.05, 4.69) is 4.74 Å². The maximum Gasteiger partial charge on any atom is 0.416 e. The number of benzene rings is 2. The van der Waals surface area contributed by atoms with Crippen molar-refractivity contribution >= 4 is 16.9 Å². The molecule has 0 N–H and O–H groups in total. The lowest BCUT2D eigenvalue weighted by molar-refractivity contribution is -0.138. The molecule has 1 heterocycles. The standard InChI is InChI=1S/C20H16F5NO2/c1-28-19(27)13-3-5-18-14(8-13)10-16(26(18)7-6-21)9-12-2-4-15(22)11-17(12)20(23,24)25/h2-5,8,10-11H,6-7,9H2,1H3. The van der Waals surface area contributed by atoms with Crippen LogP contribution in [0.25, 0.3) is 10.9 Å². The third-order valence-corrected chi connectivity index (χ3v) is 4.47. The molecule has 0 radical (unpaired) electrons. The van der Waals surface area contributed by atoms with Gasteiger partial charge in [0.25, 0.3) is 0 Å². The van der Waals surface area contributed by atoms with E-state index in [-0.39, 0.29) is 24.1 Å². The Bertz CT molecular complexity index is 1020. The molecule has 0 aliphatic heterocycles. The number of alkyl halides is 4. The lowest BCUT2D eigenvalue weighted by Gasteiger charge is -2.14. The molecule has 0 saturated carbocycles. The third kappa shape index (κ3) is 3.85. The summed E-state index contributed by atoms with van der Waals surface area (Å²) < 4.78 is 72.5. The molecule has 3 rings (SSSR count). The van der Waals surface area contributed by atoms with Gasteiger partial charge in [-0.25, -0.2) is 13.6 Å². The molecule has 1 aromatic heterocycles. The minimum atomic E-state index is -4.72. The number of fused-ring (bicyclic) bond motifs is 1. The smallest absolute Gasteiger partial charge is 0.416 e. The van der Waals surface area contributed by atoms with Gasteiger partial charge < -0.3 is 9.30 Å². The zero-order valence-electron chi connectivity index (χ0n) is 14.8. The van der Waals surface area contributed by atoms with Crippen molar-refractivity contribution in [1.82, 2.24) is 4.57 Å². The molecule has 0 bridgehead atoms. The quantitative estimate of drug-likeness (QED) is 0.441. The van der Waals surface area contributed by atoms with Gasteiger partial charge in [-0.1, -0.05) is 6.07 Å². The Hall–Kier alpha value is -2.90. The number of ether oxygens (including phenoxy) is 1. The largest absolute Gasteiger partial charge is 0.465 e. The number of nitrogens with zero attached hydrogens (tertiary/aromatic N) is 1. The number of carbonyl (C=O) groups excluding carboxylic acids is 1. The van der Waals surface area contributed by atoms with Gasteiger partial charge in [-0.3, -0.25) is 0 Å². The van der Waals surface area contributed by atoms with E-state index in [4.69, 9.17) is 0 Å². The van der Waals surface area contributed by atoms with Gasteiger partial charge in [0.1, 0.15) is 12.5 Å². The molecule has 0 unspecified atom stereocenters. The number of esters is 1. The highest BCUT2D eigenvalue weighted by atomic mass is 19.4. The first kappa shape index (κ1) is 19.9. The van der Waals surface area contributed by atoms with Crippen LogP contribution in [0.1, 0.15) is 27.2 Å². The Morgan fingerprint density at radius 1 is 1.11 bits per heavy atom. The van der Waals surface area contributed by atoms with Crippen molar-refractivity contribution in [3.63, 3.8) is 0 Å². The van der Waals surface area contributed by atoms with Crippen molar-refractivity contribution in [2.45, 2.75) is 19.1 Å².